The molecule has 1 aliphatic heterocycles. The zero-order chi connectivity index (χ0) is 13.5. The number of furan rings is 1. The third-order valence-corrected chi connectivity index (χ3v) is 3.27. The van der Waals surface area contributed by atoms with Crippen LogP contribution < -0.4 is 5.32 Å². The molecule has 0 saturated carbocycles. The average molecular weight is 266 g/mol. The van der Waals surface area contributed by atoms with Crippen LogP contribution in [0.3, 0.4) is 0 Å². The Hall–Kier alpha value is -1.33. The molecule has 2 heterocycles. The summed E-state index contributed by atoms with van der Waals surface area (Å²) in [6.07, 6.45) is 3.32. The van der Waals surface area contributed by atoms with Gasteiger partial charge in [0.1, 0.15) is 5.76 Å². The lowest BCUT2D eigenvalue weighted by Gasteiger charge is -2.11. The summed E-state index contributed by atoms with van der Waals surface area (Å²) in [5.74, 6) is 1.11. The summed E-state index contributed by atoms with van der Waals surface area (Å²) in [7, 11) is 1.65. The molecule has 1 N–H and O–H groups in total. The van der Waals surface area contributed by atoms with E-state index < -0.39 is 0 Å². The van der Waals surface area contributed by atoms with Crippen molar-refractivity contribution < 1.29 is 13.9 Å². The Labute approximate surface area is 113 Å². The van der Waals surface area contributed by atoms with E-state index in [9.17, 15) is 4.79 Å². The zero-order valence-corrected chi connectivity index (χ0v) is 11.5. The molecule has 1 amide bonds. The fourth-order valence-corrected chi connectivity index (χ4v) is 2.25. The molecule has 0 bridgehead atoms. The van der Waals surface area contributed by atoms with Crippen LogP contribution in [0.1, 0.15) is 35.6 Å². The van der Waals surface area contributed by atoms with Gasteiger partial charge in [0.05, 0.1) is 6.54 Å². The highest BCUT2D eigenvalue weighted by Crippen LogP contribution is 2.15. The number of rotatable bonds is 7. The minimum absolute atomic E-state index is 0.149. The number of nitrogens with zero attached hydrogens (tertiary/aromatic N) is 1. The summed E-state index contributed by atoms with van der Waals surface area (Å²) in [5, 5.41) is 2.81. The van der Waals surface area contributed by atoms with Crippen LogP contribution in [-0.2, 0) is 11.3 Å². The summed E-state index contributed by atoms with van der Waals surface area (Å²) < 4.78 is 10.5. The van der Waals surface area contributed by atoms with Gasteiger partial charge >= 0.3 is 0 Å². The maximum Gasteiger partial charge on any atom is 0.286 e. The highest BCUT2D eigenvalue weighted by Gasteiger charge is 2.15. The van der Waals surface area contributed by atoms with Gasteiger partial charge in [0, 0.05) is 20.3 Å². The van der Waals surface area contributed by atoms with Crippen molar-refractivity contribution >= 4 is 5.91 Å². The summed E-state index contributed by atoms with van der Waals surface area (Å²) >= 11 is 0. The molecule has 1 fully saturated rings. The Bertz CT molecular complexity index is 397. The van der Waals surface area contributed by atoms with Crippen LogP contribution in [0.15, 0.2) is 16.5 Å². The summed E-state index contributed by atoms with van der Waals surface area (Å²) in [4.78, 5) is 14.1. The number of amides is 1. The van der Waals surface area contributed by atoms with Crippen LogP contribution in [0.2, 0.25) is 0 Å². The molecule has 0 aliphatic carbocycles. The summed E-state index contributed by atoms with van der Waals surface area (Å²) in [6, 6.07) is 3.64. The molecule has 5 nitrogen and oxygen atoms in total. The van der Waals surface area contributed by atoms with Crippen molar-refractivity contribution in [1.29, 1.82) is 0 Å². The van der Waals surface area contributed by atoms with Gasteiger partial charge in [0.25, 0.3) is 5.91 Å². The topological polar surface area (TPSA) is 54.7 Å². The predicted molar refractivity (Wildman–Crippen MR) is 72.0 cm³/mol. The molecule has 1 aromatic rings. The Balaban J connectivity index is 1.77. The molecule has 106 valence electrons. The second kappa shape index (κ2) is 7.31. The van der Waals surface area contributed by atoms with E-state index in [2.05, 4.69) is 10.2 Å². The fourth-order valence-electron chi connectivity index (χ4n) is 2.25. The normalized spacial score (nSPS) is 15.8. The van der Waals surface area contributed by atoms with Crippen molar-refractivity contribution in [3.8, 4) is 0 Å². The lowest BCUT2D eigenvalue weighted by atomic mass is 10.3. The predicted octanol–water partition coefficient (Wildman–Crippen LogP) is 1.64. The maximum absolute atomic E-state index is 11.8. The molecule has 0 spiro atoms. The van der Waals surface area contributed by atoms with Crippen LogP contribution in [-0.4, -0.2) is 44.2 Å². The first-order valence-electron chi connectivity index (χ1n) is 6.88. The third kappa shape index (κ3) is 4.36. The Morgan fingerprint density at radius 1 is 1.42 bits per heavy atom. The largest absolute Gasteiger partial charge is 0.455 e. The molecule has 0 atom stereocenters. The highest BCUT2D eigenvalue weighted by atomic mass is 16.5. The van der Waals surface area contributed by atoms with E-state index in [0.29, 0.717) is 18.9 Å². The monoisotopic (exact) mass is 266 g/mol. The number of ether oxygens (including phenoxy) is 1. The van der Waals surface area contributed by atoms with E-state index in [4.69, 9.17) is 9.15 Å². The van der Waals surface area contributed by atoms with E-state index in [1.165, 1.54) is 12.8 Å². The van der Waals surface area contributed by atoms with E-state index >= 15 is 0 Å². The lowest BCUT2D eigenvalue weighted by Crippen LogP contribution is -2.24. The van der Waals surface area contributed by atoms with Crippen LogP contribution in [0.25, 0.3) is 0 Å². The van der Waals surface area contributed by atoms with Crippen LogP contribution in [0.4, 0.5) is 0 Å². The number of carbonyl (C=O) groups excluding carboxylic acids is 1. The van der Waals surface area contributed by atoms with Gasteiger partial charge in [-0.25, -0.2) is 0 Å². The molecule has 1 aromatic heterocycles. The zero-order valence-electron chi connectivity index (χ0n) is 11.5. The standard InChI is InChI=1S/C14H22N2O3/c1-18-10-4-7-15-14(17)13-6-5-12(19-13)11-16-8-2-3-9-16/h5-6H,2-4,7-11H2,1H3,(H,15,17). The van der Waals surface area contributed by atoms with Gasteiger partial charge in [-0.15, -0.1) is 0 Å². The summed E-state index contributed by atoms with van der Waals surface area (Å²) in [5.41, 5.74) is 0. The van der Waals surface area contributed by atoms with E-state index in [-0.39, 0.29) is 5.91 Å². The van der Waals surface area contributed by atoms with Crippen molar-refractivity contribution in [2.75, 3.05) is 33.4 Å². The first kappa shape index (κ1) is 14.1. The molecule has 0 radical (unpaired) electrons. The molecule has 1 saturated heterocycles. The van der Waals surface area contributed by atoms with Gasteiger partial charge in [-0.05, 0) is 44.5 Å². The molecule has 19 heavy (non-hydrogen) atoms. The third-order valence-electron chi connectivity index (χ3n) is 3.27. The van der Waals surface area contributed by atoms with E-state index in [1.807, 2.05) is 6.07 Å². The molecular formula is C14H22N2O3. The fraction of sp³-hybridized carbons (Fsp3) is 0.643. The quantitative estimate of drug-likeness (QED) is 0.762. The van der Waals surface area contributed by atoms with Crippen molar-refractivity contribution in [2.24, 2.45) is 0 Å². The summed E-state index contributed by atoms with van der Waals surface area (Å²) in [6.45, 7) is 4.31. The SMILES string of the molecule is COCCCNC(=O)c1ccc(CN2CCCC2)o1. The van der Waals surface area contributed by atoms with Gasteiger partial charge in [-0.2, -0.15) is 0 Å². The second-order valence-corrected chi connectivity index (χ2v) is 4.85. The average Bonchev–Trinajstić information content (AvgIpc) is 3.06. The Morgan fingerprint density at radius 2 is 2.21 bits per heavy atom. The first-order valence-corrected chi connectivity index (χ1v) is 6.88. The minimum atomic E-state index is -0.149. The number of nitrogens with one attached hydrogen (secondary N) is 1. The van der Waals surface area contributed by atoms with Gasteiger partial charge in [0.15, 0.2) is 5.76 Å². The second-order valence-electron chi connectivity index (χ2n) is 4.85. The van der Waals surface area contributed by atoms with Crippen LogP contribution in [0.5, 0.6) is 0 Å². The van der Waals surface area contributed by atoms with E-state index in [0.717, 1.165) is 31.8 Å². The van der Waals surface area contributed by atoms with E-state index in [1.54, 1.807) is 13.2 Å². The molecular weight excluding hydrogens is 244 g/mol. The lowest BCUT2D eigenvalue weighted by molar-refractivity contribution is 0.0917. The molecule has 5 heteroatoms. The minimum Gasteiger partial charge on any atom is -0.455 e. The molecule has 0 unspecified atom stereocenters. The number of likely N-dealkylation sites (tertiary alicyclic amines) is 1. The molecule has 1 aliphatic rings. The molecule has 2 rings (SSSR count). The number of methoxy groups -OCH3 is 1. The Morgan fingerprint density at radius 3 is 2.95 bits per heavy atom. The number of carbonyl (C=O) groups is 1. The van der Waals surface area contributed by atoms with Crippen molar-refractivity contribution in [3.63, 3.8) is 0 Å². The van der Waals surface area contributed by atoms with Crippen molar-refractivity contribution in [2.45, 2.75) is 25.8 Å². The highest BCUT2D eigenvalue weighted by molar-refractivity contribution is 5.91. The number of hydrogen-bond acceptors (Lipinski definition) is 4. The molecule has 0 aromatic carbocycles. The van der Waals surface area contributed by atoms with Crippen molar-refractivity contribution in [1.82, 2.24) is 10.2 Å². The van der Waals surface area contributed by atoms with Crippen molar-refractivity contribution in [3.05, 3.63) is 23.7 Å². The smallest absolute Gasteiger partial charge is 0.286 e. The number of hydrogen-bond donors (Lipinski definition) is 1. The van der Waals surface area contributed by atoms with Gasteiger partial charge in [-0.3, -0.25) is 9.69 Å². The van der Waals surface area contributed by atoms with Gasteiger partial charge < -0.3 is 14.5 Å². The maximum atomic E-state index is 11.8. The Kier molecular flexibility index (Phi) is 5.42. The first-order chi connectivity index (χ1) is 9.29. The van der Waals surface area contributed by atoms with Crippen LogP contribution in [0, 0.1) is 0 Å². The van der Waals surface area contributed by atoms with Gasteiger partial charge in [0.2, 0.25) is 0 Å². The van der Waals surface area contributed by atoms with Gasteiger partial charge in [-0.1, -0.05) is 0 Å². The van der Waals surface area contributed by atoms with Crippen LogP contribution >= 0.6 is 0 Å².